The van der Waals surface area contributed by atoms with E-state index in [1.54, 1.807) is 24.3 Å². The maximum absolute atomic E-state index is 14.6. The highest BCUT2D eigenvalue weighted by atomic mass is 16.5. The quantitative estimate of drug-likeness (QED) is 0.0651. The molecule has 0 bridgehead atoms. The standard InChI is InChI=1S/C45H38O6.C38H32O6/c1-31-25-39(48-28-34-17-9-4-10-18-34)41-40(26-31)51-44(45(42(41)46)50-30-36-21-13-6-14-22-36)37-23-24-38(47-27-33-15-7-3-8-16-33)43(32(37)2)49-29-35-19-11-5-12-20-35;1-25-20-32(42-23-28-14-8-4-9-15-28)34-33(21-25)44-38(36(40)35(34)39)30-18-19-31(41-22-27-12-6-3-7-13-27)37(26(30)2)43-24-29-16-10-5-11-17-29/h3-26H,27-30H2,1-2H3;3-21,40H,22-24H2,1-2H3. The van der Waals surface area contributed by atoms with Crippen molar-refractivity contribution in [2.45, 2.75) is 73.9 Å². The Morgan fingerprint density at radius 3 is 0.905 bits per heavy atom. The largest absolute Gasteiger partial charge is 0.502 e. The minimum Gasteiger partial charge on any atom is -0.502 e. The van der Waals surface area contributed by atoms with Crippen LogP contribution in [0.15, 0.2) is 279 Å². The molecule has 0 aliphatic heterocycles. The lowest BCUT2D eigenvalue weighted by Crippen LogP contribution is -2.12. The van der Waals surface area contributed by atoms with Gasteiger partial charge in [0.1, 0.15) is 79.7 Å². The highest BCUT2D eigenvalue weighted by Crippen LogP contribution is 2.45. The van der Waals surface area contributed by atoms with Gasteiger partial charge >= 0.3 is 0 Å². The Labute approximate surface area is 551 Å². The molecular weight excluding hydrogens is 1190 g/mol. The maximum Gasteiger partial charge on any atom is 0.239 e. The molecular formula is C83H70O12. The van der Waals surface area contributed by atoms with Gasteiger partial charge in [-0.25, -0.2) is 0 Å². The summed E-state index contributed by atoms with van der Waals surface area (Å²) in [7, 11) is 0. The van der Waals surface area contributed by atoms with Crippen molar-refractivity contribution in [3.05, 3.63) is 342 Å². The van der Waals surface area contributed by atoms with Crippen molar-refractivity contribution in [3.8, 4) is 68.6 Å². The van der Waals surface area contributed by atoms with E-state index in [9.17, 15) is 14.7 Å². The second-order valence-electron chi connectivity index (χ2n) is 23.0. The first-order valence-corrected chi connectivity index (χ1v) is 31.4. The number of ether oxygens (including phenoxy) is 7. The Kier molecular flexibility index (Phi) is 20.1. The third-order valence-corrected chi connectivity index (χ3v) is 16.0. The van der Waals surface area contributed by atoms with Gasteiger partial charge in [-0.3, -0.25) is 9.59 Å². The van der Waals surface area contributed by atoms with Crippen molar-refractivity contribution in [1.29, 1.82) is 0 Å². The number of hydrogen-bond donors (Lipinski definition) is 1. The van der Waals surface area contributed by atoms with E-state index in [0.29, 0.717) is 107 Å². The van der Waals surface area contributed by atoms with Gasteiger partial charge in [0.2, 0.25) is 22.4 Å². The summed E-state index contributed by atoms with van der Waals surface area (Å²) in [6.07, 6.45) is 0. The van der Waals surface area contributed by atoms with Crippen molar-refractivity contribution in [2.24, 2.45) is 0 Å². The Morgan fingerprint density at radius 2 is 0.568 bits per heavy atom. The van der Waals surface area contributed by atoms with Gasteiger partial charge in [-0.2, -0.15) is 0 Å². The average molecular weight is 1260 g/mol. The maximum atomic E-state index is 14.6. The lowest BCUT2D eigenvalue weighted by molar-refractivity contribution is 0.254. The summed E-state index contributed by atoms with van der Waals surface area (Å²) >= 11 is 0. The monoisotopic (exact) mass is 1260 g/mol. The molecule has 12 heteroatoms. The number of hydrogen-bond acceptors (Lipinski definition) is 12. The molecule has 95 heavy (non-hydrogen) atoms. The van der Waals surface area contributed by atoms with Gasteiger partial charge in [0.05, 0.1) is 0 Å². The van der Waals surface area contributed by atoms with Crippen LogP contribution in [0.2, 0.25) is 0 Å². The zero-order valence-corrected chi connectivity index (χ0v) is 53.2. The van der Waals surface area contributed by atoms with Gasteiger partial charge in [0.15, 0.2) is 34.5 Å². The molecule has 0 atom stereocenters. The van der Waals surface area contributed by atoms with Crippen LogP contribution in [0.4, 0.5) is 0 Å². The summed E-state index contributed by atoms with van der Waals surface area (Å²) in [6, 6.07) is 83.5. The second kappa shape index (κ2) is 30.1. The SMILES string of the molecule is Cc1cc(OCc2ccccc2)c2c(=O)c(O)c(-c3ccc(OCc4ccccc4)c(OCc4ccccc4)c3C)oc2c1.Cc1cc(OCc2ccccc2)c2c(=O)c(OCc3ccccc3)c(-c3ccc(OCc4ccccc4)c(OCc4ccccc4)c3C)oc2c1. The molecule has 1 N–H and O–H groups in total. The first kappa shape index (κ1) is 63.4. The lowest BCUT2D eigenvalue weighted by atomic mass is 10.0. The Hall–Kier alpha value is -11.8. The highest BCUT2D eigenvalue weighted by molar-refractivity contribution is 5.90. The van der Waals surface area contributed by atoms with Crippen LogP contribution in [-0.4, -0.2) is 5.11 Å². The van der Waals surface area contributed by atoms with Crippen LogP contribution in [0.1, 0.15) is 61.2 Å². The second-order valence-corrected chi connectivity index (χ2v) is 23.0. The van der Waals surface area contributed by atoms with Crippen molar-refractivity contribution >= 4 is 21.9 Å². The van der Waals surface area contributed by atoms with E-state index >= 15 is 0 Å². The molecule has 11 aromatic carbocycles. The third-order valence-electron chi connectivity index (χ3n) is 16.0. The fraction of sp³-hybridized carbons (Fsp3) is 0.133. The number of aromatic hydroxyl groups is 1. The van der Waals surface area contributed by atoms with E-state index in [1.807, 2.05) is 264 Å². The highest BCUT2D eigenvalue weighted by Gasteiger charge is 2.27. The predicted octanol–water partition coefficient (Wildman–Crippen LogP) is 18.9. The number of rotatable bonds is 23. The zero-order valence-electron chi connectivity index (χ0n) is 53.2. The molecule has 0 saturated heterocycles. The fourth-order valence-electron chi connectivity index (χ4n) is 11.1. The first-order valence-electron chi connectivity index (χ1n) is 31.4. The molecule has 0 unspecified atom stereocenters. The van der Waals surface area contributed by atoms with Gasteiger partial charge in [-0.1, -0.05) is 212 Å². The molecule has 0 fully saturated rings. The molecule has 0 saturated carbocycles. The van der Waals surface area contributed by atoms with Crippen LogP contribution in [0.3, 0.4) is 0 Å². The van der Waals surface area contributed by atoms with Crippen LogP contribution < -0.4 is 44.0 Å². The molecule has 0 aliphatic carbocycles. The molecule has 2 aromatic heterocycles. The van der Waals surface area contributed by atoms with E-state index in [4.69, 9.17) is 42.0 Å². The van der Waals surface area contributed by atoms with Gasteiger partial charge in [0, 0.05) is 22.3 Å². The Balaban J connectivity index is 0.000000184. The van der Waals surface area contributed by atoms with Gasteiger partial charge < -0.3 is 47.1 Å². The molecule has 12 nitrogen and oxygen atoms in total. The number of fused-ring (bicyclic) bond motifs is 2. The summed E-state index contributed by atoms with van der Waals surface area (Å²) in [5.74, 6) is 2.93. The van der Waals surface area contributed by atoms with Crippen LogP contribution in [0.5, 0.6) is 46.0 Å². The van der Waals surface area contributed by atoms with E-state index in [1.165, 1.54) is 0 Å². The first-order chi connectivity index (χ1) is 46.5. The Morgan fingerprint density at radius 1 is 0.295 bits per heavy atom. The molecule has 13 aromatic rings. The van der Waals surface area contributed by atoms with E-state index in [2.05, 4.69) is 0 Å². The summed E-state index contributed by atoms with van der Waals surface area (Å²) in [5, 5.41) is 11.8. The summed E-state index contributed by atoms with van der Waals surface area (Å²) in [6.45, 7) is 9.75. The third kappa shape index (κ3) is 15.4. The molecule has 0 aliphatic rings. The summed E-state index contributed by atoms with van der Waals surface area (Å²) < 4.78 is 57.1. The fourth-order valence-corrected chi connectivity index (χ4v) is 11.1. The molecule has 2 heterocycles. The van der Waals surface area contributed by atoms with E-state index in [-0.39, 0.29) is 35.5 Å². The lowest BCUT2D eigenvalue weighted by Gasteiger charge is -2.19. The number of aryl methyl sites for hydroxylation is 2. The van der Waals surface area contributed by atoms with E-state index in [0.717, 1.165) is 55.6 Å². The predicted molar refractivity (Wildman–Crippen MR) is 372 cm³/mol. The van der Waals surface area contributed by atoms with Crippen LogP contribution in [-0.2, 0) is 46.2 Å². The summed E-state index contributed by atoms with van der Waals surface area (Å²) in [5.41, 5.74) is 11.1. The number of benzene rings is 11. The molecule has 474 valence electrons. The molecule has 0 spiro atoms. The van der Waals surface area contributed by atoms with Crippen LogP contribution in [0.25, 0.3) is 44.6 Å². The average Bonchev–Trinajstić information content (AvgIpc) is 0.765. The van der Waals surface area contributed by atoms with Crippen molar-refractivity contribution < 1.29 is 47.1 Å². The normalized spacial score (nSPS) is 10.9. The van der Waals surface area contributed by atoms with Gasteiger partial charge in [0.25, 0.3) is 0 Å². The molecule has 13 rings (SSSR count). The van der Waals surface area contributed by atoms with E-state index < -0.39 is 11.2 Å². The molecule has 0 radical (unpaired) electrons. The van der Waals surface area contributed by atoms with Gasteiger partial charge in [-0.15, -0.1) is 0 Å². The Bertz CT molecular complexity index is 4850. The smallest absolute Gasteiger partial charge is 0.239 e. The summed E-state index contributed by atoms with van der Waals surface area (Å²) in [4.78, 5) is 28.3. The molecule has 0 amide bonds. The minimum atomic E-state index is -0.570. The van der Waals surface area contributed by atoms with Crippen LogP contribution in [0, 0.1) is 27.7 Å². The topological polar surface area (TPSA) is 145 Å². The van der Waals surface area contributed by atoms with Crippen molar-refractivity contribution in [3.63, 3.8) is 0 Å². The van der Waals surface area contributed by atoms with Crippen LogP contribution >= 0.6 is 0 Å². The minimum absolute atomic E-state index is 0.0544. The van der Waals surface area contributed by atoms with Crippen molar-refractivity contribution in [1.82, 2.24) is 0 Å². The zero-order chi connectivity index (χ0) is 65.5. The van der Waals surface area contributed by atoms with Gasteiger partial charge in [-0.05, 0) is 126 Å². The van der Waals surface area contributed by atoms with Crippen molar-refractivity contribution in [2.75, 3.05) is 0 Å².